The molecule has 116 valence electrons. The van der Waals surface area contributed by atoms with Gasteiger partial charge in [0.15, 0.2) is 17.4 Å². The first-order valence-corrected chi connectivity index (χ1v) is 7.20. The Morgan fingerprint density at radius 2 is 1.57 bits per heavy atom. The number of fused-ring (bicyclic) bond motifs is 1. The Bertz CT molecular complexity index is 811. The lowest BCUT2D eigenvalue weighted by Gasteiger charge is -2.16. The third-order valence-corrected chi connectivity index (χ3v) is 3.85. The Morgan fingerprint density at radius 1 is 0.957 bits per heavy atom. The Kier molecular flexibility index (Phi) is 2.94. The molecule has 0 radical (unpaired) electrons. The molecule has 0 unspecified atom stereocenters. The smallest absolute Gasteiger partial charge is 0.266 e. The molecule has 1 fully saturated rings. The van der Waals surface area contributed by atoms with E-state index in [4.69, 9.17) is 4.74 Å². The molecule has 6 heteroatoms. The maximum atomic E-state index is 14.3. The first-order chi connectivity index (χ1) is 11.1. The van der Waals surface area contributed by atoms with Gasteiger partial charge < -0.3 is 4.74 Å². The highest BCUT2D eigenvalue weighted by Gasteiger charge is 2.38. The quantitative estimate of drug-likeness (QED) is 0.816. The predicted octanol–water partition coefficient (Wildman–Crippen LogP) is 3.31. The number of carbonyl (C=O) groups is 2. The number of hydrogen-bond acceptors (Lipinski definition) is 3. The van der Waals surface area contributed by atoms with Crippen LogP contribution in [0.5, 0.6) is 5.75 Å². The Hall–Kier alpha value is -2.76. The van der Waals surface area contributed by atoms with Crippen molar-refractivity contribution in [2.24, 2.45) is 0 Å². The molecule has 1 aliphatic heterocycles. The van der Waals surface area contributed by atoms with E-state index in [9.17, 15) is 18.4 Å². The monoisotopic (exact) mass is 315 g/mol. The third-order valence-electron chi connectivity index (χ3n) is 3.85. The number of hydrogen-bond donors (Lipinski definition) is 0. The number of rotatable bonds is 3. The summed E-state index contributed by atoms with van der Waals surface area (Å²) in [5.41, 5.74) is -0.0527. The lowest BCUT2D eigenvalue weighted by molar-refractivity contribution is 0.0924. The van der Waals surface area contributed by atoms with Gasteiger partial charge in [-0.2, -0.15) is 0 Å². The van der Waals surface area contributed by atoms with Crippen molar-refractivity contribution < 1.29 is 23.1 Å². The van der Waals surface area contributed by atoms with E-state index in [-0.39, 0.29) is 23.0 Å². The summed E-state index contributed by atoms with van der Waals surface area (Å²) < 4.78 is 33.7. The lowest BCUT2D eigenvalue weighted by Crippen LogP contribution is -2.30. The average molecular weight is 315 g/mol. The second kappa shape index (κ2) is 4.87. The van der Waals surface area contributed by atoms with E-state index in [2.05, 4.69) is 0 Å². The number of halogens is 2. The molecule has 1 saturated carbocycles. The molecule has 4 nitrogen and oxygen atoms in total. The van der Waals surface area contributed by atoms with Crippen molar-refractivity contribution in [2.75, 3.05) is 4.90 Å². The summed E-state index contributed by atoms with van der Waals surface area (Å²) >= 11 is 0. The highest BCUT2D eigenvalue weighted by molar-refractivity contribution is 6.34. The van der Waals surface area contributed by atoms with Crippen LogP contribution in [0.4, 0.5) is 14.5 Å². The Morgan fingerprint density at radius 3 is 2.13 bits per heavy atom. The second-order valence-corrected chi connectivity index (χ2v) is 5.54. The standard InChI is InChI=1S/C17H11F2NO3/c18-12-8-15(23-9-5-6-9)13(19)7-14(12)20-16(21)10-3-1-2-4-11(10)17(20)22/h1-4,7-9H,5-6H2. The van der Waals surface area contributed by atoms with Gasteiger partial charge in [-0.15, -0.1) is 0 Å². The SMILES string of the molecule is O=C1c2ccccc2C(=O)N1c1cc(F)c(OC2CC2)cc1F. The van der Waals surface area contributed by atoms with Crippen molar-refractivity contribution in [1.82, 2.24) is 0 Å². The van der Waals surface area contributed by atoms with Gasteiger partial charge in [0.1, 0.15) is 0 Å². The molecule has 0 spiro atoms. The first-order valence-electron chi connectivity index (χ1n) is 7.20. The molecule has 2 amide bonds. The van der Waals surface area contributed by atoms with Gasteiger partial charge in [-0.1, -0.05) is 12.1 Å². The molecule has 2 aromatic carbocycles. The second-order valence-electron chi connectivity index (χ2n) is 5.54. The fourth-order valence-corrected chi connectivity index (χ4v) is 2.55. The van der Waals surface area contributed by atoms with Crippen LogP contribution in [0.1, 0.15) is 33.6 Å². The zero-order chi connectivity index (χ0) is 16.1. The lowest BCUT2D eigenvalue weighted by atomic mass is 10.1. The molecule has 0 aromatic heterocycles. The van der Waals surface area contributed by atoms with E-state index in [0.29, 0.717) is 4.90 Å². The van der Waals surface area contributed by atoms with Crippen LogP contribution in [-0.2, 0) is 0 Å². The largest absolute Gasteiger partial charge is 0.487 e. The highest BCUT2D eigenvalue weighted by Crippen LogP contribution is 2.35. The molecule has 4 rings (SSSR count). The van der Waals surface area contributed by atoms with Crippen molar-refractivity contribution in [2.45, 2.75) is 18.9 Å². The number of anilines is 1. The molecule has 0 bridgehead atoms. The minimum Gasteiger partial charge on any atom is -0.487 e. The van der Waals surface area contributed by atoms with Crippen LogP contribution in [0.3, 0.4) is 0 Å². The predicted molar refractivity (Wildman–Crippen MR) is 77.6 cm³/mol. The van der Waals surface area contributed by atoms with Crippen molar-refractivity contribution in [3.8, 4) is 5.75 Å². The highest BCUT2D eigenvalue weighted by atomic mass is 19.1. The minimum absolute atomic E-state index is 0.0888. The first kappa shape index (κ1) is 13.9. The number of nitrogens with zero attached hydrogens (tertiary/aromatic N) is 1. The van der Waals surface area contributed by atoms with E-state index >= 15 is 0 Å². The van der Waals surface area contributed by atoms with E-state index < -0.39 is 29.1 Å². The van der Waals surface area contributed by atoms with Crippen LogP contribution >= 0.6 is 0 Å². The van der Waals surface area contributed by atoms with E-state index in [1.165, 1.54) is 12.1 Å². The van der Waals surface area contributed by atoms with Crippen molar-refractivity contribution in [1.29, 1.82) is 0 Å². The Balaban J connectivity index is 1.75. The maximum Gasteiger partial charge on any atom is 0.266 e. The molecule has 0 saturated heterocycles. The van der Waals surface area contributed by atoms with Crippen molar-refractivity contribution in [3.63, 3.8) is 0 Å². The van der Waals surface area contributed by atoms with Crippen molar-refractivity contribution in [3.05, 3.63) is 59.2 Å². The van der Waals surface area contributed by atoms with E-state index in [0.717, 1.165) is 25.0 Å². The zero-order valence-corrected chi connectivity index (χ0v) is 11.9. The maximum absolute atomic E-state index is 14.3. The molecule has 23 heavy (non-hydrogen) atoms. The molecule has 2 aromatic rings. The van der Waals surface area contributed by atoms with Crippen LogP contribution in [0, 0.1) is 11.6 Å². The molecule has 1 aliphatic carbocycles. The van der Waals surface area contributed by atoms with Crippen LogP contribution < -0.4 is 9.64 Å². The van der Waals surface area contributed by atoms with Gasteiger partial charge in [0.2, 0.25) is 0 Å². The number of ether oxygens (including phenoxy) is 1. The van der Waals surface area contributed by atoms with Gasteiger partial charge in [-0.25, -0.2) is 13.7 Å². The normalized spacial score (nSPS) is 16.7. The summed E-state index contributed by atoms with van der Waals surface area (Å²) in [4.78, 5) is 25.3. The van der Waals surface area contributed by atoms with Crippen LogP contribution in [0.15, 0.2) is 36.4 Å². The zero-order valence-electron chi connectivity index (χ0n) is 11.9. The van der Waals surface area contributed by atoms with Crippen LogP contribution in [-0.4, -0.2) is 17.9 Å². The van der Waals surface area contributed by atoms with Crippen molar-refractivity contribution >= 4 is 17.5 Å². The van der Waals surface area contributed by atoms with E-state index in [1.54, 1.807) is 12.1 Å². The molecule has 0 N–H and O–H groups in total. The summed E-state index contributed by atoms with van der Waals surface area (Å²) in [6.07, 6.45) is 1.52. The number of amides is 2. The molecule has 0 atom stereocenters. The Labute approximate surface area is 130 Å². The molecular weight excluding hydrogens is 304 g/mol. The van der Waals surface area contributed by atoms with Gasteiger partial charge in [-0.3, -0.25) is 9.59 Å². The van der Waals surface area contributed by atoms with E-state index in [1.807, 2.05) is 0 Å². The van der Waals surface area contributed by atoms with Crippen LogP contribution in [0.2, 0.25) is 0 Å². The number of imide groups is 1. The fourth-order valence-electron chi connectivity index (χ4n) is 2.55. The number of benzene rings is 2. The third kappa shape index (κ3) is 2.18. The van der Waals surface area contributed by atoms with Gasteiger partial charge in [0.25, 0.3) is 11.8 Å². The fraction of sp³-hybridized carbons (Fsp3) is 0.176. The van der Waals surface area contributed by atoms with Gasteiger partial charge in [-0.05, 0) is 25.0 Å². The summed E-state index contributed by atoms with van der Waals surface area (Å²) in [6.45, 7) is 0. The van der Waals surface area contributed by atoms with Gasteiger partial charge >= 0.3 is 0 Å². The summed E-state index contributed by atoms with van der Waals surface area (Å²) in [7, 11) is 0. The summed E-state index contributed by atoms with van der Waals surface area (Å²) in [5, 5.41) is 0. The summed E-state index contributed by atoms with van der Waals surface area (Å²) in [6, 6.07) is 7.89. The molecule has 2 aliphatic rings. The molecule has 1 heterocycles. The average Bonchev–Trinajstić information content (AvgIpc) is 3.31. The minimum atomic E-state index is -0.878. The topological polar surface area (TPSA) is 46.6 Å². The summed E-state index contributed by atoms with van der Waals surface area (Å²) in [5.74, 6) is -3.22. The molecular formula is C17H11F2NO3. The van der Waals surface area contributed by atoms with Gasteiger partial charge in [0.05, 0.1) is 22.9 Å². The van der Waals surface area contributed by atoms with Crippen LogP contribution in [0.25, 0.3) is 0 Å². The number of carbonyl (C=O) groups excluding carboxylic acids is 2. The van der Waals surface area contributed by atoms with Gasteiger partial charge in [0, 0.05) is 12.1 Å².